The van der Waals surface area contributed by atoms with Gasteiger partial charge in [0.1, 0.15) is 12.1 Å². The lowest BCUT2D eigenvalue weighted by Gasteiger charge is -2.21. The van der Waals surface area contributed by atoms with Crippen LogP contribution in [-0.2, 0) is 9.59 Å². The fourth-order valence-corrected chi connectivity index (χ4v) is 0.960. The van der Waals surface area contributed by atoms with E-state index in [0.717, 1.165) is 0 Å². The van der Waals surface area contributed by atoms with Crippen molar-refractivity contribution in [3.8, 4) is 0 Å². The number of carboxylic acids is 2. The molecule has 0 aromatic carbocycles. The van der Waals surface area contributed by atoms with Gasteiger partial charge in [0.05, 0.1) is 0 Å². The van der Waals surface area contributed by atoms with Crippen LogP contribution in [0.25, 0.3) is 0 Å². The van der Waals surface area contributed by atoms with Gasteiger partial charge >= 0.3 is 11.9 Å². The maximum Gasteiger partial charge on any atom is 0.322 e. The Balaban J connectivity index is 4.19. The Labute approximate surface area is 88.6 Å². The summed E-state index contributed by atoms with van der Waals surface area (Å²) in [6, 6.07) is -1.60. The number of aliphatic carboxylic acids is 2. The second-order valence-corrected chi connectivity index (χ2v) is 3.55. The van der Waals surface area contributed by atoms with Gasteiger partial charge in [-0.25, -0.2) is 10.9 Å². The van der Waals surface area contributed by atoms with E-state index >= 15 is 0 Å². The molecule has 15 heavy (non-hydrogen) atoms. The van der Waals surface area contributed by atoms with E-state index in [0.29, 0.717) is 6.42 Å². The number of carbonyl (C=O) groups is 2. The molecule has 88 valence electrons. The van der Waals surface area contributed by atoms with Crippen molar-refractivity contribution < 1.29 is 19.8 Å². The van der Waals surface area contributed by atoms with E-state index in [1.807, 2.05) is 6.92 Å². The fraction of sp³-hybridized carbons (Fsp3) is 0.778. The molecule has 0 unspecified atom stereocenters. The first-order valence-electron chi connectivity index (χ1n) is 4.86. The number of rotatable bonds is 7. The second-order valence-electron chi connectivity index (χ2n) is 3.55. The first-order valence-corrected chi connectivity index (χ1v) is 4.86. The predicted octanol–water partition coefficient (Wildman–Crippen LogP) is 0.0530. The third-order valence-electron chi connectivity index (χ3n) is 2.30. The van der Waals surface area contributed by atoms with Crippen molar-refractivity contribution in [2.45, 2.75) is 39.3 Å². The van der Waals surface area contributed by atoms with Crippen molar-refractivity contribution in [2.75, 3.05) is 0 Å². The Morgan fingerprint density at radius 1 is 1.13 bits per heavy atom. The monoisotopic (exact) mass is 218 g/mol. The van der Waals surface area contributed by atoms with E-state index in [2.05, 4.69) is 10.9 Å². The zero-order chi connectivity index (χ0) is 12.0. The SMILES string of the molecule is CC[C@H](C)[C@H](NN[C@@H](C)C(=O)O)C(=O)O. The number of hydrogen-bond acceptors (Lipinski definition) is 4. The largest absolute Gasteiger partial charge is 0.480 e. The van der Waals surface area contributed by atoms with E-state index in [9.17, 15) is 9.59 Å². The van der Waals surface area contributed by atoms with E-state index in [-0.39, 0.29) is 5.92 Å². The summed E-state index contributed by atoms with van der Waals surface area (Å²) < 4.78 is 0. The quantitative estimate of drug-likeness (QED) is 0.451. The lowest BCUT2D eigenvalue weighted by atomic mass is 10.0. The van der Waals surface area contributed by atoms with Crippen LogP contribution in [-0.4, -0.2) is 34.2 Å². The topological polar surface area (TPSA) is 98.7 Å². The first kappa shape index (κ1) is 13.9. The highest BCUT2D eigenvalue weighted by Gasteiger charge is 2.24. The second kappa shape index (κ2) is 6.36. The van der Waals surface area contributed by atoms with Crippen molar-refractivity contribution in [3.05, 3.63) is 0 Å². The standard InChI is InChI=1S/C9H18N2O4/c1-4-5(2)7(9(14)15)11-10-6(3)8(12)13/h5-7,10-11H,4H2,1-3H3,(H,12,13)(H,14,15)/t5-,6-,7-/m0/s1. The predicted molar refractivity (Wildman–Crippen MR) is 54.2 cm³/mol. The average molecular weight is 218 g/mol. The van der Waals surface area contributed by atoms with Crippen LogP contribution >= 0.6 is 0 Å². The maximum absolute atomic E-state index is 10.8. The molecule has 0 rings (SSSR count). The normalized spacial score (nSPS) is 16.7. The van der Waals surface area contributed by atoms with Gasteiger partial charge in [-0.1, -0.05) is 20.3 Å². The molecule has 0 aliphatic carbocycles. The van der Waals surface area contributed by atoms with Gasteiger partial charge in [-0.2, -0.15) is 0 Å². The van der Waals surface area contributed by atoms with Crippen LogP contribution in [0.4, 0.5) is 0 Å². The summed E-state index contributed by atoms with van der Waals surface area (Å²) in [5.41, 5.74) is 4.97. The van der Waals surface area contributed by atoms with Crippen molar-refractivity contribution in [1.82, 2.24) is 10.9 Å². The molecule has 6 heteroatoms. The molecular formula is C9H18N2O4. The molecule has 0 aliphatic rings. The van der Waals surface area contributed by atoms with Gasteiger partial charge in [0.2, 0.25) is 0 Å². The van der Waals surface area contributed by atoms with Gasteiger partial charge in [0.25, 0.3) is 0 Å². The molecule has 0 amide bonds. The molecule has 0 spiro atoms. The van der Waals surface area contributed by atoms with Gasteiger partial charge in [-0.3, -0.25) is 9.59 Å². The van der Waals surface area contributed by atoms with Crippen LogP contribution in [0.5, 0.6) is 0 Å². The Bertz CT molecular complexity index is 232. The number of nitrogens with one attached hydrogen (secondary N) is 2. The van der Waals surface area contributed by atoms with E-state index in [1.165, 1.54) is 6.92 Å². The van der Waals surface area contributed by atoms with Gasteiger partial charge < -0.3 is 10.2 Å². The van der Waals surface area contributed by atoms with Crippen LogP contribution in [0, 0.1) is 5.92 Å². The minimum absolute atomic E-state index is 0.0732. The van der Waals surface area contributed by atoms with Gasteiger partial charge in [-0.05, 0) is 12.8 Å². The summed E-state index contributed by atoms with van der Waals surface area (Å²) in [6.07, 6.45) is 0.701. The van der Waals surface area contributed by atoms with Crippen molar-refractivity contribution in [2.24, 2.45) is 5.92 Å². The number of hydrogen-bond donors (Lipinski definition) is 4. The van der Waals surface area contributed by atoms with Crippen LogP contribution in [0.3, 0.4) is 0 Å². The molecule has 6 nitrogen and oxygen atoms in total. The van der Waals surface area contributed by atoms with Crippen molar-refractivity contribution in [1.29, 1.82) is 0 Å². The third kappa shape index (κ3) is 4.75. The number of carboxylic acid groups (broad SMARTS) is 2. The molecular weight excluding hydrogens is 200 g/mol. The average Bonchev–Trinajstić information content (AvgIpc) is 2.16. The summed E-state index contributed by atoms with van der Waals surface area (Å²) in [4.78, 5) is 21.3. The van der Waals surface area contributed by atoms with Crippen LogP contribution in [0.15, 0.2) is 0 Å². The van der Waals surface area contributed by atoms with Crippen LogP contribution in [0.2, 0.25) is 0 Å². The molecule has 0 heterocycles. The molecule has 0 saturated heterocycles. The van der Waals surface area contributed by atoms with E-state index < -0.39 is 24.0 Å². The summed E-state index contributed by atoms with van der Waals surface area (Å²) in [5.74, 6) is -2.10. The third-order valence-corrected chi connectivity index (χ3v) is 2.30. The highest BCUT2D eigenvalue weighted by atomic mass is 16.4. The lowest BCUT2D eigenvalue weighted by molar-refractivity contribution is -0.143. The smallest absolute Gasteiger partial charge is 0.322 e. The van der Waals surface area contributed by atoms with Crippen LogP contribution < -0.4 is 10.9 Å². The molecule has 3 atom stereocenters. The molecule has 0 aromatic heterocycles. The first-order chi connectivity index (χ1) is 6.90. The summed E-state index contributed by atoms with van der Waals surface area (Å²) in [5, 5.41) is 17.5. The minimum Gasteiger partial charge on any atom is -0.480 e. The maximum atomic E-state index is 10.8. The minimum atomic E-state index is -1.03. The van der Waals surface area contributed by atoms with Gasteiger partial charge in [0.15, 0.2) is 0 Å². The lowest BCUT2D eigenvalue weighted by Crippen LogP contribution is -2.53. The molecule has 0 aromatic rings. The number of hydrazine groups is 1. The Morgan fingerprint density at radius 2 is 1.67 bits per heavy atom. The summed E-state index contributed by atoms with van der Waals surface area (Å²) >= 11 is 0. The van der Waals surface area contributed by atoms with Crippen molar-refractivity contribution in [3.63, 3.8) is 0 Å². The Kier molecular flexibility index (Phi) is 5.88. The Morgan fingerprint density at radius 3 is 2.00 bits per heavy atom. The Hall–Kier alpha value is -1.14. The van der Waals surface area contributed by atoms with Gasteiger partial charge in [0, 0.05) is 0 Å². The van der Waals surface area contributed by atoms with Gasteiger partial charge in [-0.15, -0.1) is 0 Å². The molecule has 0 saturated carbocycles. The van der Waals surface area contributed by atoms with E-state index in [1.54, 1.807) is 6.92 Å². The zero-order valence-electron chi connectivity index (χ0n) is 9.15. The summed E-state index contributed by atoms with van der Waals surface area (Å²) in [7, 11) is 0. The van der Waals surface area contributed by atoms with Crippen LogP contribution in [0.1, 0.15) is 27.2 Å². The summed E-state index contributed by atoms with van der Waals surface area (Å²) in [6.45, 7) is 5.10. The fourth-order valence-electron chi connectivity index (χ4n) is 0.960. The molecule has 4 N–H and O–H groups in total. The highest BCUT2D eigenvalue weighted by molar-refractivity contribution is 5.74. The zero-order valence-corrected chi connectivity index (χ0v) is 9.15. The molecule has 0 radical (unpaired) electrons. The van der Waals surface area contributed by atoms with E-state index in [4.69, 9.17) is 10.2 Å². The molecule has 0 aliphatic heterocycles. The molecule has 0 bridgehead atoms. The highest BCUT2D eigenvalue weighted by Crippen LogP contribution is 2.06. The van der Waals surface area contributed by atoms with Crippen molar-refractivity contribution >= 4 is 11.9 Å². The molecule has 0 fully saturated rings.